The second-order valence-corrected chi connectivity index (χ2v) is 13.8. The number of carbonyl (C=O) groups is 3. The van der Waals surface area contributed by atoms with Crippen LogP contribution >= 0.6 is 7.82 Å². The monoisotopic (exact) mass is 691 g/mol. The van der Waals surface area contributed by atoms with Gasteiger partial charge < -0.3 is 25.2 Å². The highest BCUT2D eigenvalue weighted by Crippen LogP contribution is 2.43. The van der Waals surface area contributed by atoms with E-state index in [0.29, 0.717) is 12.8 Å². The molecule has 0 spiro atoms. The lowest BCUT2D eigenvalue weighted by molar-refractivity contribution is -0.161. The summed E-state index contributed by atoms with van der Waals surface area (Å²) >= 11 is 0. The molecule has 0 aliphatic rings. The van der Waals surface area contributed by atoms with Crippen LogP contribution in [0.5, 0.6) is 0 Å². The van der Waals surface area contributed by atoms with Gasteiger partial charge in [0.15, 0.2) is 6.10 Å². The Morgan fingerprint density at radius 2 is 1.06 bits per heavy atom. The number of aliphatic carboxylic acids is 1. The summed E-state index contributed by atoms with van der Waals surface area (Å²) in [5.41, 5.74) is 5.30. The fourth-order valence-corrected chi connectivity index (χ4v) is 5.60. The third kappa shape index (κ3) is 31.3. The van der Waals surface area contributed by atoms with Crippen LogP contribution in [0.3, 0.4) is 0 Å². The van der Waals surface area contributed by atoms with E-state index in [0.717, 1.165) is 44.9 Å². The third-order valence-electron chi connectivity index (χ3n) is 7.76. The number of carbonyl (C=O) groups excluding carboxylic acids is 2. The maximum Gasteiger partial charge on any atom is 0.472 e. The molecule has 12 heteroatoms. The molecule has 0 saturated carbocycles. The van der Waals surface area contributed by atoms with Gasteiger partial charge in [0.1, 0.15) is 12.6 Å². The number of ether oxygens (including phenoxy) is 2. The van der Waals surface area contributed by atoms with Crippen molar-refractivity contribution in [3.63, 3.8) is 0 Å². The number of esters is 2. The number of hydrogen-bond acceptors (Lipinski definition) is 9. The first-order valence-corrected chi connectivity index (χ1v) is 19.7. The molecule has 0 heterocycles. The summed E-state index contributed by atoms with van der Waals surface area (Å²) in [6.07, 6.45) is 27.2. The van der Waals surface area contributed by atoms with Crippen molar-refractivity contribution in [3.05, 3.63) is 12.2 Å². The van der Waals surface area contributed by atoms with E-state index in [1.165, 1.54) is 77.0 Å². The third-order valence-corrected chi connectivity index (χ3v) is 8.71. The predicted molar refractivity (Wildman–Crippen MR) is 185 cm³/mol. The van der Waals surface area contributed by atoms with E-state index in [2.05, 4.69) is 30.5 Å². The molecule has 0 fully saturated rings. The summed E-state index contributed by atoms with van der Waals surface area (Å²) in [5.74, 6) is -2.40. The molecule has 1 unspecified atom stereocenters. The minimum absolute atomic E-state index is 0.144. The van der Waals surface area contributed by atoms with Gasteiger partial charge in [-0.25, -0.2) is 4.57 Å². The highest BCUT2D eigenvalue weighted by molar-refractivity contribution is 7.47. The van der Waals surface area contributed by atoms with Gasteiger partial charge in [-0.1, -0.05) is 122 Å². The fourth-order valence-electron chi connectivity index (χ4n) is 4.82. The Hall–Kier alpha value is -1.78. The van der Waals surface area contributed by atoms with Gasteiger partial charge in [-0.2, -0.15) is 0 Å². The van der Waals surface area contributed by atoms with Crippen LogP contribution in [0, 0.1) is 0 Å². The fraction of sp³-hybridized carbons (Fsp3) is 0.857. The Balaban J connectivity index is 4.49. The highest BCUT2D eigenvalue weighted by Gasteiger charge is 2.28. The summed E-state index contributed by atoms with van der Waals surface area (Å²) in [4.78, 5) is 45.6. The molecule has 0 rings (SSSR count). The number of phosphoric ester groups is 1. The molecular weight excluding hydrogens is 625 g/mol. The minimum atomic E-state index is -4.70. The zero-order valence-electron chi connectivity index (χ0n) is 29.4. The number of phosphoric acid groups is 1. The van der Waals surface area contributed by atoms with E-state index in [1.807, 2.05) is 0 Å². The maximum atomic E-state index is 12.5. The second-order valence-electron chi connectivity index (χ2n) is 12.4. The van der Waals surface area contributed by atoms with Crippen LogP contribution in [0.1, 0.15) is 162 Å². The first kappa shape index (κ1) is 45.2. The number of carboxylic acid groups (broad SMARTS) is 1. The van der Waals surface area contributed by atoms with Gasteiger partial charge in [0.2, 0.25) is 0 Å². The van der Waals surface area contributed by atoms with Crippen molar-refractivity contribution in [2.45, 2.75) is 174 Å². The molecule has 0 bridgehead atoms. The van der Waals surface area contributed by atoms with Crippen molar-refractivity contribution in [1.29, 1.82) is 0 Å². The van der Waals surface area contributed by atoms with E-state index in [-0.39, 0.29) is 19.4 Å². The number of hydrogen-bond donors (Lipinski definition) is 3. The molecule has 3 atom stereocenters. The molecule has 4 N–H and O–H groups in total. The van der Waals surface area contributed by atoms with Crippen LogP contribution in [0.2, 0.25) is 0 Å². The largest absolute Gasteiger partial charge is 0.480 e. The van der Waals surface area contributed by atoms with Gasteiger partial charge in [0.05, 0.1) is 13.2 Å². The van der Waals surface area contributed by atoms with E-state index in [9.17, 15) is 23.8 Å². The van der Waals surface area contributed by atoms with E-state index in [1.54, 1.807) is 0 Å². The average molecular weight is 692 g/mol. The van der Waals surface area contributed by atoms with Gasteiger partial charge in [-0.15, -0.1) is 0 Å². The molecule has 0 aliphatic carbocycles. The van der Waals surface area contributed by atoms with E-state index >= 15 is 0 Å². The molecule has 0 aromatic heterocycles. The molecule has 0 aromatic rings. The van der Waals surface area contributed by atoms with Crippen LogP contribution in [0.25, 0.3) is 0 Å². The molecule has 0 amide bonds. The summed E-state index contributed by atoms with van der Waals surface area (Å²) in [5, 5.41) is 8.84. The topological polar surface area (TPSA) is 172 Å². The highest BCUT2D eigenvalue weighted by atomic mass is 31.2. The Kier molecular flexibility index (Phi) is 30.3. The van der Waals surface area contributed by atoms with Crippen LogP contribution in [-0.4, -0.2) is 59.9 Å². The summed E-state index contributed by atoms with van der Waals surface area (Å²) in [6, 6.07) is -1.52. The smallest absolute Gasteiger partial charge is 0.472 e. The molecule has 276 valence electrons. The number of unbranched alkanes of at least 4 members (excludes halogenated alkanes) is 18. The summed E-state index contributed by atoms with van der Waals surface area (Å²) in [7, 11) is -4.70. The standard InChI is InChI=1S/C35H66NO10P/c1-3-5-7-9-11-13-15-16-17-19-21-23-25-27-34(38)46-31(29-44-47(41,42)45-30-32(36)35(39)40)28-43-33(37)26-24-22-20-18-14-12-10-8-6-4-2/h16-17,31-32H,3-15,18-30,36H2,1-2H3,(H,39,40)(H,41,42)/b17-16+/t31-,32+/m1/s1. The van der Waals surface area contributed by atoms with Gasteiger partial charge >= 0.3 is 25.7 Å². The first-order valence-electron chi connectivity index (χ1n) is 18.2. The Bertz CT molecular complexity index is 869. The van der Waals surface area contributed by atoms with Gasteiger partial charge in [-0.05, 0) is 38.5 Å². The van der Waals surface area contributed by atoms with E-state index in [4.69, 9.17) is 24.8 Å². The zero-order chi connectivity index (χ0) is 35.0. The van der Waals surface area contributed by atoms with E-state index < -0.39 is 51.1 Å². The van der Waals surface area contributed by atoms with Crippen molar-refractivity contribution < 1.29 is 47.5 Å². The predicted octanol–water partition coefficient (Wildman–Crippen LogP) is 8.56. The molecule has 0 aliphatic heterocycles. The number of nitrogens with two attached hydrogens (primary N) is 1. The molecule has 47 heavy (non-hydrogen) atoms. The quantitative estimate of drug-likeness (QED) is 0.0255. The lowest BCUT2D eigenvalue weighted by atomic mass is 10.1. The van der Waals surface area contributed by atoms with Gasteiger partial charge in [0.25, 0.3) is 0 Å². The van der Waals surface area contributed by atoms with Crippen LogP contribution < -0.4 is 5.73 Å². The van der Waals surface area contributed by atoms with Crippen LogP contribution in [0.15, 0.2) is 12.2 Å². The number of rotatable bonds is 34. The SMILES string of the molecule is CCCCCCCC/C=C/CCCCCC(=O)O[C@H](COC(=O)CCCCCCCCCCCC)COP(=O)(O)OC[C@H](N)C(=O)O. The Morgan fingerprint density at radius 1 is 0.638 bits per heavy atom. The summed E-state index contributed by atoms with van der Waals surface area (Å²) in [6.45, 7) is 2.74. The molecular formula is C35H66NO10P. The van der Waals surface area contributed by atoms with Crippen LogP contribution in [-0.2, 0) is 37.5 Å². The number of allylic oxidation sites excluding steroid dienone is 2. The molecule has 0 saturated heterocycles. The van der Waals surface area contributed by atoms with Gasteiger partial charge in [0, 0.05) is 12.8 Å². The maximum absolute atomic E-state index is 12.5. The van der Waals surface area contributed by atoms with Crippen molar-refractivity contribution >= 4 is 25.7 Å². The molecule has 0 radical (unpaired) electrons. The van der Waals surface area contributed by atoms with Crippen molar-refractivity contribution in [2.24, 2.45) is 5.73 Å². The second kappa shape index (κ2) is 31.5. The molecule has 11 nitrogen and oxygen atoms in total. The van der Waals surface area contributed by atoms with Crippen molar-refractivity contribution in [2.75, 3.05) is 19.8 Å². The van der Waals surface area contributed by atoms with Crippen molar-refractivity contribution in [3.8, 4) is 0 Å². The molecule has 0 aromatic carbocycles. The minimum Gasteiger partial charge on any atom is -0.480 e. The Labute approximate surface area is 284 Å². The van der Waals surface area contributed by atoms with Crippen LogP contribution in [0.4, 0.5) is 0 Å². The lowest BCUT2D eigenvalue weighted by Crippen LogP contribution is -2.34. The summed E-state index contributed by atoms with van der Waals surface area (Å²) < 4.78 is 32.4. The number of carboxylic acids is 1. The zero-order valence-corrected chi connectivity index (χ0v) is 30.3. The van der Waals surface area contributed by atoms with Crippen molar-refractivity contribution in [1.82, 2.24) is 0 Å². The Morgan fingerprint density at radius 3 is 1.57 bits per heavy atom. The average Bonchev–Trinajstić information content (AvgIpc) is 3.04. The first-order chi connectivity index (χ1) is 22.6. The lowest BCUT2D eigenvalue weighted by Gasteiger charge is -2.20. The van der Waals surface area contributed by atoms with Gasteiger partial charge in [-0.3, -0.25) is 23.4 Å². The normalized spacial score (nSPS) is 14.1.